The summed E-state index contributed by atoms with van der Waals surface area (Å²) in [6.07, 6.45) is 2.56. The van der Waals surface area contributed by atoms with Gasteiger partial charge in [0.15, 0.2) is 0 Å². The van der Waals surface area contributed by atoms with Crippen LogP contribution in [-0.4, -0.2) is 53.1 Å². The topological polar surface area (TPSA) is 63.2 Å². The molecule has 2 rings (SSSR count). The fourth-order valence-corrected chi connectivity index (χ4v) is 1.93. The van der Waals surface area contributed by atoms with Gasteiger partial charge in [-0.25, -0.2) is 0 Å². The number of hydrogen-bond acceptors (Lipinski definition) is 6. The zero-order valence-electron chi connectivity index (χ0n) is 9.82. The zero-order chi connectivity index (χ0) is 12.1. The first-order valence-electron chi connectivity index (χ1n) is 5.72. The molecule has 0 bridgehead atoms. The van der Waals surface area contributed by atoms with Crippen molar-refractivity contribution in [2.24, 2.45) is 0 Å². The Morgan fingerprint density at radius 2 is 2.06 bits per heavy atom. The second kappa shape index (κ2) is 5.97. The van der Waals surface area contributed by atoms with Crippen LogP contribution < -0.4 is 10.1 Å². The van der Waals surface area contributed by atoms with Gasteiger partial charge in [0.25, 0.3) is 0 Å². The van der Waals surface area contributed by atoms with E-state index >= 15 is 0 Å². The summed E-state index contributed by atoms with van der Waals surface area (Å²) in [6, 6.07) is 0.272. The molecule has 1 aliphatic heterocycles. The molecule has 6 nitrogen and oxygen atoms in total. The molecule has 1 aliphatic rings. The number of anilines is 1. The minimum Gasteiger partial charge on any atom is -0.462 e. The van der Waals surface area contributed by atoms with E-state index in [2.05, 4.69) is 25.2 Å². The molecule has 1 fully saturated rings. The Bertz CT molecular complexity index is 370. The Morgan fingerprint density at radius 3 is 2.76 bits per heavy atom. The number of nitrogens with zero attached hydrogens (tertiary/aromatic N) is 4. The van der Waals surface area contributed by atoms with Crippen LogP contribution in [0, 0.1) is 0 Å². The Morgan fingerprint density at radius 1 is 1.29 bits per heavy atom. The van der Waals surface area contributed by atoms with Crippen LogP contribution in [0.25, 0.3) is 0 Å². The molecule has 1 N–H and O–H groups in total. The van der Waals surface area contributed by atoms with Crippen LogP contribution in [0.2, 0.25) is 5.28 Å². The van der Waals surface area contributed by atoms with Gasteiger partial charge in [0, 0.05) is 13.6 Å². The molecule has 0 radical (unpaired) electrons. The van der Waals surface area contributed by atoms with E-state index < -0.39 is 0 Å². The highest BCUT2D eigenvalue weighted by atomic mass is 35.5. The molecule has 0 amide bonds. The van der Waals surface area contributed by atoms with Crippen LogP contribution in [0.4, 0.5) is 5.95 Å². The molecule has 0 aromatic carbocycles. The lowest BCUT2D eigenvalue weighted by atomic mass is 10.4. The first-order valence-corrected chi connectivity index (χ1v) is 6.10. The van der Waals surface area contributed by atoms with Gasteiger partial charge in [0.1, 0.15) is 6.61 Å². The van der Waals surface area contributed by atoms with Crippen LogP contribution in [0.3, 0.4) is 0 Å². The predicted octanol–water partition coefficient (Wildman–Crippen LogP) is 1.04. The number of rotatable bonds is 5. The van der Waals surface area contributed by atoms with E-state index in [1.807, 2.05) is 0 Å². The summed E-state index contributed by atoms with van der Waals surface area (Å²) < 4.78 is 5.46. The maximum absolute atomic E-state index is 5.74. The summed E-state index contributed by atoms with van der Waals surface area (Å²) in [5.41, 5.74) is 0. The van der Waals surface area contributed by atoms with Gasteiger partial charge in [-0.15, -0.1) is 0 Å². The lowest BCUT2D eigenvalue weighted by molar-refractivity contribution is 0.225. The fourth-order valence-electron chi connectivity index (χ4n) is 1.78. The van der Waals surface area contributed by atoms with Crippen molar-refractivity contribution < 1.29 is 4.74 Å². The van der Waals surface area contributed by atoms with Crippen molar-refractivity contribution in [2.45, 2.75) is 12.8 Å². The first kappa shape index (κ1) is 12.3. The maximum atomic E-state index is 5.74. The third kappa shape index (κ3) is 3.67. The van der Waals surface area contributed by atoms with Crippen molar-refractivity contribution in [3.63, 3.8) is 0 Å². The van der Waals surface area contributed by atoms with Crippen LogP contribution in [0.15, 0.2) is 0 Å². The van der Waals surface area contributed by atoms with Crippen molar-refractivity contribution in [3.8, 4) is 6.01 Å². The van der Waals surface area contributed by atoms with Gasteiger partial charge >= 0.3 is 6.01 Å². The summed E-state index contributed by atoms with van der Waals surface area (Å²) in [4.78, 5) is 14.2. The Kier molecular flexibility index (Phi) is 4.33. The predicted molar refractivity (Wildman–Crippen MR) is 65.6 cm³/mol. The molecule has 7 heteroatoms. The van der Waals surface area contributed by atoms with Crippen molar-refractivity contribution in [1.29, 1.82) is 0 Å². The highest BCUT2D eigenvalue weighted by Crippen LogP contribution is 2.11. The van der Waals surface area contributed by atoms with Crippen LogP contribution in [0.5, 0.6) is 6.01 Å². The van der Waals surface area contributed by atoms with Gasteiger partial charge in [0.2, 0.25) is 11.2 Å². The molecule has 1 aromatic heterocycles. The van der Waals surface area contributed by atoms with E-state index in [0.717, 1.165) is 19.6 Å². The highest BCUT2D eigenvalue weighted by molar-refractivity contribution is 6.28. The SMILES string of the molecule is CNc1nc(Cl)nc(OCCN2CCCC2)n1. The van der Waals surface area contributed by atoms with Gasteiger partial charge in [-0.3, -0.25) is 4.90 Å². The summed E-state index contributed by atoms with van der Waals surface area (Å²) in [6.45, 7) is 3.79. The second-order valence-electron chi connectivity index (χ2n) is 3.86. The first-order chi connectivity index (χ1) is 8.28. The van der Waals surface area contributed by atoms with Gasteiger partial charge in [-0.05, 0) is 37.5 Å². The van der Waals surface area contributed by atoms with Crippen molar-refractivity contribution in [1.82, 2.24) is 19.9 Å². The molecule has 0 saturated carbocycles. The second-order valence-corrected chi connectivity index (χ2v) is 4.20. The third-order valence-electron chi connectivity index (χ3n) is 2.65. The zero-order valence-corrected chi connectivity index (χ0v) is 10.6. The Balaban J connectivity index is 1.83. The van der Waals surface area contributed by atoms with Crippen LogP contribution in [0.1, 0.15) is 12.8 Å². The maximum Gasteiger partial charge on any atom is 0.322 e. The average molecular weight is 258 g/mol. The molecule has 0 atom stereocenters. The van der Waals surface area contributed by atoms with E-state index in [1.54, 1.807) is 7.05 Å². The van der Waals surface area contributed by atoms with Crippen molar-refractivity contribution in [3.05, 3.63) is 5.28 Å². The number of hydrogen-bond donors (Lipinski definition) is 1. The van der Waals surface area contributed by atoms with Crippen LogP contribution in [-0.2, 0) is 0 Å². The summed E-state index contributed by atoms with van der Waals surface area (Å²) >= 11 is 5.74. The van der Waals surface area contributed by atoms with Gasteiger partial charge in [0.05, 0.1) is 0 Å². The van der Waals surface area contributed by atoms with Crippen molar-refractivity contribution >= 4 is 17.5 Å². The number of aromatic nitrogens is 3. The molecule has 94 valence electrons. The van der Waals surface area contributed by atoms with Gasteiger partial charge in [-0.1, -0.05) is 0 Å². The lowest BCUT2D eigenvalue weighted by Crippen LogP contribution is -2.25. The molecular formula is C10H16ClN5O. The van der Waals surface area contributed by atoms with E-state index in [-0.39, 0.29) is 11.3 Å². The third-order valence-corrected chi connectivity index (χ3v) is 2.82. The molecule has 0 unspecified atom stereocenters. The molecule has 2 heterocycles. The largest absolute Gasteiger partial charge is 0.462 e. The molecule has 0 aliphatic carbocycles. The minimum absolute atomic E-state index is 0.139. The standard InChI is InChI=1S/C10H16ClN5O/c1-12-9-13-8(11)14-10(15-9)17-7-6-16-4-2-3-5-16/h2-7H2,1H3,(H,12,13,14,15). The van der Waals surface area contributed by atoms with Gasteiger partial charge < -0.3 is 10.1 Å². The highest BCUT2D eigenvalue weighted by Gasteiger charge is 2.11. The quantitative estimate of drug-likeness (QED) is 0.851. The summed E-state index contributed by atoms with van der Waals surface area (Å²) in [5, 5.41) is 2.94. The Hall–Kier alpha value is -1.14. The number of likely N-dealkylation sites (tertiary alicyclic amines) is 1. The molecule has 1 aromatic rings. The van der Waals surface area contributed by atoms with E-state index in [9.17, 15) is 0 Å². The van der Waals surface area contributed by atoms with E-state index in [4.69, 9.17) is 16.3 Å². The van der Waals surface area contributed by atoms with Crippen molar-refractivity contribution in [2.75, 3.05) is 38.6 Å². The lowest BCUT2D eigenvalue weighted by Gasteiger charge is -2.14. The molecule has 1 saturated heterocycles. The monoisotopic (exact) mass is 257 g/mol. The van der Waals surface area contributed by atoms with E-state index in [0.29, 0.717) is 12.6 Å². The smallest absolute Gasteiger partial charge is 0.322 e. The normalized spacial score (nSPS) is 16.1. The summed E-state index contributed by atoms with van der Waals surface area (Å²) in [5.74, 6) is 0.418. The van der Waals surface area contributed by atoms with E-state index in [1.165, 1.54) is 12.8 Å². The summed E-state index contributed by atoms with van der Waals surface area (Å²) in [7, 11) is 1.72. The number of ether oxygens (including phenoxy) is 1. The minimum atomic E-state index is 0.139. The average Bonchev–Trinajstić information content (AvgIpc) is 2.81. The molecule has 17 heavy (non-hydrogen) atoms. The fraction of sp³-hybridized carbons (Fsp3) is 0.700. The van der Waals surface area contributed by atoms with Gasteiger partial charge in [-0.2, -0.15) is 15.0 Å². The van der Waals surface area contributed by atoms with Crippen LogP contribution >= 0.6 is 11.6 Å². The molecule has 0 spiro atoms. The number of nitrogens with one attached hydrogen (secondary N) is 1. The number of halogens is 1. The molecular weight excluding hydrogens is 242 g/mol. The Labute approximate surface area is 105 Å².